The molecule has 1 heterocycles. The molecule has 10 heavy (non-hydrogen) atoms. The molecule has 1 saturated heterocycles. The molecule has 0 aromatic rings. The van der Waals surface area contributed by atoms with E-state index in [0.717, 1.165) is 0 Å². The van der Waals surface area contributed by atoms with Gasteiger partial charge in [-0.2, -0.15) is 0 Å². The van der Waals surface area contributed by atoms with Crippen LogP contribution in [0, 0.1) is 0 Å². The fourth-order valence-corrected chi connectivity index (χ4v) is 2.35. The predicted molar refractivity (Wildman–Crippen MR) is 43.1 cm³/mol. The third-order valence-corrected chi connectivity index (χ3v) is 4.80. The van der Waals surface area contributed by atoms with Gasteiger partial charge in [-0.25, -0.2) is 8.42 Å². The molecule has 0 saturated carbocycles. The Kier molecular flexibility index (Phi) is 2.40. The molecule has 1 fully saturated rings. The quantitative estimate of drug-likeness (QED) is 0.576. The number of halogens is 1. The first-order valence-electron chi connectivity index (χ1n) is 2.86. The van der Waals surface area contributed by atoms with Gasteiger partial charge in [0, 0.05) is 6.04 Å². The third kappa shape index (κ3) is 1.04. The van der Waals surface area contributed by atoms with Crippen LogP contribution in [0.1, 0.15) is 13.8 Å². The van der Waals surface area contributed by atoms with E-state index in [9.17, 15) is 8.42 Å². The van der Waals surface area contributed by atoms with Gasteiger partial charge >= 0.3 is 0 Å². The number of rotatable bonds is 0. The summed E-state index contributed by atoms with van der Waals surface area (Å²) in [5.41, 5.74) is 5.45. The van der Waals surface area contributed by atoms with Crippen LogP contribution in [-0.4, -0.2) is 25.0 Å². The molecular formula is C5H12ClNO2S. The van der Waals surface area contributed by atoms with Gasteiger partial charge in [0.1, 0.15) is 0 Å². The lowest BCUT2D eigenvalue weighted by Gasteiger charge is -2.40. The molecule has 0 bridgehead atoms. The first-order chi connectivity index (χ1) is 3.88. The molecule has 62 valence electrons. The fourth-order valence-electron chi connectivity index (χ4n) is 0.783. The van der Waals surface area contributed by atoms with E-state index < -0.39 is 14.6 Å². The Morgan fingerprint density at radius 3 is 1.90 bits per heavy atom. The van der Waals surface area contributed by atoms with E-state index in [-0.39, 0.29) is 24.2 Å². The van der Waals surface area contributed by atoms with Crippen molar-refractivity contribution in [1.29, 1.82) is 0 Å². The Morgan fingerprint density at radius 1 is 1.50 bits per heavy atom. The molecule has 3 nitrogen and oxygen atoms in total. The topological polar surface area (TPSA) is 60.2 Å². The zero-order valence-corrected chi connectivity index (χ0v) is 7.63. The van der Waals surface area contributed by atoms with E-state index in [2.05, 4.69) is 0 Å². The molecular weight excluding hydrogens is 174 g/mol. The summed E-state index contributed by atoms with van der Waals surface area (Å²) in [6.45, 7) is 3.33. The second-order valence-corrected chi connectivity index (χ2v) is 5.61. The maximum Gasteiger partial charge on any atom is 0.158 e. The Hall–Kier alpha value is 0.200. The van der Waals surface area contributed by atoms with Gasteiger partial charge in [-0.1, -0.05) is 0 Å². The first kappa shape index (κ1) is 10.2. The lowest BCUT2D eigenvalue weighted by atomic mass is 10.1. The maximum absolute atomic E-state index is 10.9. The van der Waals surface area contributed by atoms with Crippen LogP contribution in [0.3, 0.4) is 0 Å². The SMILES string of the molecule is CC1(C)[C@@H](N)CS1(=O)=O.Cl. The van der Waals surface area contributed by atoms with Gasteiger partial charge in [0.15, 0.2) is 9.84 Å². The normalized spacial score (nSPS) is 33.7. The molecule has 5 heteroatoms. The van der Waals surface area contributed by atoms with Gasteiger partial charge in [-0.15, -0.1) is 12.4 Å². The molecule has 1 rings (SSSR count). The summed E-state index contributed by atoms with van der Waals surface area (Å²) in [6, 6.07) is -0.164. The first-order valence-corrected chi connectivity index (χ1v) is 4.51. The van der Waals surface area contributed by atoms with Crippen LogP contribution >= 0.6 is 12.4 Å². The molecule has 0 aromatic carbocycles. The highest BCUT2D eigenvalue weighted by molar-refractivity contribution is 7.94. The van der Waals surface area contributed by atoms with E-state index in [1.807, 2.05) is 0 Å². The number of hydrogen-bond acceptors (Lipinski definition) is 3. The summed E-state index contributed by atoms with van der Waals surface area (Å²) in [7, 11) is -2.83. The van der Waals surface area contributed by atoms with E-state index >= 15 is 0 Å². The second-order valence-electron chi connectivity index (χ2n) is 2.99. The average Bonchev–Trinajstić information content (AvgIpc) is 1.65. The van der Waals surface area contributed by atoms with Gasteiger partial charge < -0.3 is 5.73 Å². The Labute approximate surface area is 67.3 Å². The Balaban J connectivity index is 0.000000810. The highest BCUT2D eigenvalue weighted by atomic mass is 35.5. The molecule has 2 N–H and O–H groups in total. The van der Waals surface area contributed by atoms with Crippen LogP contribution in [0.4, 0.5) is 0 Å². The molecule has 1 aliphatic rings. The van der Waals surface area contributed by atoms with E-state index in [0.29, 0.717) is 0 Å². The molecule has 0 aliphatic carbocycles. The van der Waals surface area contributed by atoms with Gasteiger partial charge in [-0.05, 0) is 13.8 Å². The minimum absolute atomic E-state index is 0. The summed E-state index contributed by atoms with van der Waals surface area (Å²) >= 11 is 0. The van der Waals surface area contributed by atoms with Crippen molar-refractivity contribution in [3.63, 3.8) is 0 Å². The zero-order chi connectivity index (χ0) is 7.28. The largest absolute Gasteiger partial charge is 0.325 e. The summed E-state index contributed by atoms with van der Waals surface area (Å²) in [5, 5.41) is 0. The van der Waals surface area contributed by atoms with Gasteiger partial charge in [0.2, 0.25) is 0 Å². The van der Waals surface area contributed by atoms with E-state index in [1.54, 1.807) is 13.8 Å². The fraction of sp³-hybridized carbons (Fsp3) is 1.00. The summed E-state index contributed by atoms with van der Waals surface area (Å²) < 4.78 is 21.1. The van der Waals surface area contributed by atoms with E-state index in [1.165, 1.54) is 0 Å². The summed E-state index contributed by atoms with van der Waals surface area (Å²) in [6.07, 6.45) is 0. The molecule has 0 amide bonds. The minimum Gasteiger partial charge on any atom is -0.325 e. The summed E-state index contributed by atoms with van der Waals surface area (Å²) in [5.74, 6) is 0.153. The maximum atomic E-state index is 10.9. The van der Waals surface area contributed by atoms with Crippen LogP contribution in [0.5, 0.6) is 0 Å². The van der Waals surface area contributed by atoms with Crippen LogP contribution in [0.2, 0.25) is 0 Å². The molecule has 0 radical (unpaired) electrons. The number of nitrogens with two attached hydrogens (primary N) is 1. The molecule has 0 aromatic heterocycles. The van der Waals surface area contributed by atoms with Gasteiger partial charge in [0.25, 0.3) is 0 Å². The van der Waals surface area contributed by atoms with E-state index in [4.69, 9.17) is 5.73 Å². The van der Waals surface area contributed by atoms with Crippen molar-refractivity contribution in [1.82, 2.24) is 0 Å². The van der Waals surface area contributed by atoms with Crippen LogP contribution in [-0.2, 0) is 9.84 Å². The predicted octanol–water partition coefficient (Wildman–Crippen LogP) is -0.0575. The number of hydrogen-bond donors (Lipinski definition) is 1. The van der Waals surface area contributed by atoms with Crippen LogP contribution in [0.25, 0.3) is 0 Å². The van der Waals surface area contributed by atoms with Crippen molar-refractivity contribution < 1.29 is 8.42 Å². The molecule has 1 atom stereocenters. The highest BCUT2D eigenvalue weighted by Crippen LogP contribution is 2.31. The van der Waals surface area contributed by atoms with Crippen LogP contribution < -0.4 is 5.73 Å². The van der Waals surface area contributed by atoms with Crippen LogP contribution in [0.15, 0.2) is 0 Å². The average molecular weight is 186 g/mol. The minimum atomic E-state index is -2.83. The third-order valence-electron chi connectivity index (χ3n) is 2.09. The Bertz CT molecular complexity index is 222. The lowest BCUT2D eigenvalue weighted by molar-refractivity contribution is 0.449. The molecule has 0 spiro atoms. The van der Waals surface area contributed by atoms with Gasteiger partial charge in [0.05, 0.1) is 10.5 Å². The van der Waals surface area contributed by atoms with Crippen molar-refractivity contribution >= 4 is 22.2 Å². The molecule has 0 unspecified atom stereocenters. The molecule has 1 aliphatic heterocycles. The van der Waals surface area contributed by atoms with Crippen molar-refractivity contribution in [2.24, 2.45) is 5.73 Å². The summed E-state index contributed by atoms with van der Waals surface area (Å²) in [4.78, 5) is 0. The van der Waals surface area contributed by atoms with Crippen molar-refractivity contribution in [2.45, 2.75) is 24.6 Å². The van der Waals surface area contributed by atoms with Gasteiger partial charge in [-0.3, -0.25) is 0 Å². The lowest BCUT2D eigenvalue weighted by Crippen LogP contribution is -2.64. The van der Waals surface area contributed by atoms with Crippen molar-refractivity contribution in [3.05, 3.63) is 0 Å². The Morgan fingerprint density at radius 2 is 1.90 bits per heavy atom. The van der Waals surface area contributed by atoms with Crippen molar-refractivity contribution in [2.75, 3.05) is 5.75 Å². The van der Waals surface area contributed by atoms with Crippen molar-refractivity contribution in [3.8, 4) is 0 Å². The standard InChI is InChI=1S/C5H11NO2S.ClH/c1-5(2)4(6)3-9(5,7)8;/h4H,3,6H2,1-2H3;1H/t4-;/m0./s1. The zero-order valence-electron chi connectivity index (χ0n) is 5.99. The highest BCUT2D eigenvalue weighted by Gasteiger charge is 2.51. The number of sulfone groups is 1. The second kappa shape index (κ2) is 2.36. The smallest absolute Gasteiger partial charge is 0.158 e. The monoisotopic (exact) mass is 185 g/mol.